The van der Waals surface area contributed by atoms with Gasteiger partial charge in [0.05, 0.1) is 18.5 Å². The number of Topliss-reactive ketones (excluding diaryl/α,β-unsaturated/α-hetero) is 1. The SMILES string of the molecule is Cc1cc(C(=O)CN(C)CC(C)C#N)c(C)[nH]1. The molecule has 0 aliphatic carbocycles. The van der Waals surface area contributed by atoms with Crippen LogP contribution in [0.15, 0.2) is 6.07 Å². The molecule has 92 valence electrons. The second kappa shape index (κ2) is 5.65. The number of rotatable bonds is 5. The van der Waals surface area contributed by atoms with Gasteiger partial charge in [0.15, 0.2) is 5.78 Å². The lowest BCUT2D eigenvalue weighted by Gasteiger charge is -2.16. The monoisotopic (exact) mass is 233 g/mol. The smallest absolute Gasteiger partial charge is 0.178 e. The van der Waals surface area contributed by atoms with Crippen molar-refractivity contribution in [1.29, 1.82) is 5.26 Å². The first kappa shape index (κ1) is 13.5. The fraction of sp³-hybridized carbons (Fsp3) is 0.538. The van der Waals surface area contributed by atoms with E-state index in [9.17, 15) is 4.79 Å². The molecule has 0 bridgehead atoms. The van der Waals surface area contributed by atoms with Gasteiger partial charge in [-0.05, 0) is 33.9 Å². The van der Waals surface area contributed by atoms with Crippen molar-refractivity contribution in [3.8, 4) is 6.07 Å². The summed E-state index contributed by atoms with van der Waals surface area (Å²) in [6, 6.07) is 4.04. The van der Waals surface area contributed by atoms with Crippen molar-refractivity contribution in [2.75, 3.05) is 20.1 Å². The van der Waals surface area contributed by atoms with Crippen LogP contribution in [0.1, 0.15) is 28.7 Å². The number of ketones is 1. The number of nitrogens with one attached hydrogen (secondary N) is 1. The third-order valence-electron chi connectivity index (χ3n) is 2.67. The summed E-state index contributed by atoms with van der Waals surface area (Å²) in [5, 5.41) is 8.72. The van der Waals surface area contributed by atoms with Crippen LogP contribution in [-0.2, 0) is 0 Å². The average Bonchev–Trinajstić information content (AvgIpc) is 2.57. The van der Waals surface area contributed by atoms with E-state index in [1.165, 1.54) is 0 Å². The van der Waals surface area contributed by atoms with E-state index in [2.05, 4.69) is 11.1 Å². The Labute approximate surface area is 102 Å². The van der Waals surface area contributed by atoms with E-state index in [1.807, 2.05) is 38.8 Å². The molecule has 0 amide bonds. The van der Waals surface area contributed by atoms with Crippen molar-refractivity contribution in [3.05, 3.63) is 23.0 Å². The molecular formula is C13H19N3O. The van der Waals surface area contributed by atoms with Crippen LogP contribution in [0.4, 0.5) is 0 Å². The van der Waals surface area contributed by atoms with Gasteiger partial charge in [-0.25, -0.2) is 0 Å². The zero-order valence-electron chi connectivity index (χ0n) is 10.9. The lowest BCUT2D eigenvalue weighted by molar-refractivity contribution is 0.0942. The van der Waals surface area contributed by atoms with Crippen molar-refractivity contribution in [3.63, 3.8) is 0 Å². The van der Waals surface area contributed by atoms with E-state index in [-0.39, 0.29) is 11.7 Å². The number of likely N-dealkylation sites (N-methyl/N-ethyl adjacent to an activating group) is 1. The molecule has 1 aromatic rings. The van der Waals surface area contributed by atoms with Gasteiger partial charge in [0, 0.05) is 23.5 Å². The van der Waals surface area contributed by atoms with Gasteiger partial charge in [0.1, 0.15) is 0 Å². The van der Waals surface area contributed by atoms with Crippen molar-refractivity contribution in [2.45, 2.75) is 20.8 Å². The predicted molar refractivity (Wildman–Crippen MR) is 66.9 cm³/mol. The zero-order chi connectivity index (χ0) is 13.0. The number of hydrogen-bond donors (Lipinski definition) is 1. The van der Waals surface area contributed by atoms with Crippen LogP contribution >= 0.6 is 0 Å². The van der Waals surface area contributed by atoms with Gasteiger partial charge >= 0.3 is 0 Å². The molecule has 1 unspecified atom stereocenters. The van der Waals surface area contributed by atoms with E-state index in [1.54, 1.807) is 0 Å². The molecule has 1 rings (SSSR count). The Morgan fingerprint density at radius 2 is 2.24 bits per heavy atom. The quantitative estimate of drug-likeness (QED) is 0.790. The molecular weight excluding hydrogens is 214 g/mol. The fourth-order valence-corrected chi connectivity index (χ4v) is 1.92. The van der Waals surface area contributed by atoms with Gasteiger partial charge in [-0.15, -0.1) is 0 Å². The van der Waals surface area contributed by atoms with Crippen molar-refractivity contribution in [2.24, 2.45) is 5.92 Å². The first-order chi connectivity index (χ1) is 7.93. The van der Waals surface area contributed by atoms with Crippen LogP contribution < -0.4 is 0 Å². The number of H-pyrrole nitrogens is 1. The van der Waals surface area contributed by atoms with Crippen LogP contribution in [-0.4, -0.2) is 35.8 Å². The number of nitriles is 1. The molecule has 4 nitrogen and oxygen atoms in total. The molecule has 0 radical (unpaired) electrons. The van der Waals surface area contributed by atoms with Gasteiger partial charge in [0.25, 0.3) is 0 Å². The molecule has 1 heterocycles. The summed E-state index contributed by atoms with van der Waals surface area (Å²) < 4.78 is 0. The second-order valence-corrected chi connectivity index (χ2v) is 4.64. The normalized spacial score (nSPS) is 12.5. The molecule has 1 atom stereocenters. The van der Waals surface area contributed by atoms with E-state index in [0.29, 0.717) is 13.1 Å². The summed E-state index contributed by atoms with van der Waals surface area (Å²) in [4.78, 5) is 17.0. The maximum atomic E-state index is 12.0. The van der Waals surface area contributed by atoms with Crippen LogP contribution in [0.5, 0.6) is 0 Å². The van der Waals surface area contributed by atoms with Crippen LogP contribution in [0.3, 0.4) is 0 Å². The minimum Gasteiger partial charge on any atom is -0.362 e. The lowest BCUT2D eigenvalue weighted by atomic mass is 10.1. The molecule has 0 aliphatic rings. The molecule has 0 aromatic carbocycles. The highest BCUT2D eigenvalue weighted by Crippen LogP contribution is 2.10. The standard InChI is InChI=1S/C13H19N3O/c1-9(6-14)7-16(4)8-13(17)12-5-10(2)15-11(12)3/h5,9,15H,7-8H2,1-4H3. The van der Waals surface area contributed by atoms with E-state index in [0.717, 1.165) is 17.0 Å². The van der Waals surface area contributed by atoms with Crippen molar-refractivity contribution < 1.29 is 4.79 Å². The largest absolute Gasteiger partial charge is 0.362 e. The Morgan fingerprint density at radius 3 is 2.71 bits per heavy atom. The summed E-state index contributed by atoms with van der Waals surface area (Å²) >= 11 is 0. The van der Waals surface area contributed by atoms with Gasteiger partial charge < -0.3 is 4.98 Å². The van der Waals surface area contributed by atoms with E-state index in [4.69, 9.17) is 5.26 Å². The lowest BCUT2D eigenvalue weighted by Crippen LogP contribution is -2.29. The molecule has 0 fully saturated rings. The first-order valence-corrected chi connectivity index (χ1v) is 5.71. The highest BCUT2D eigenvalue weighted by molar-refractivity contribution is 5.98. The third kappa shape index (κ3) is 3.72. The minimum atomic E-state index is -0.0538. The molecule has 0 saturated heterocycles. The Morgan fingerprint density at radius 1 is 1.59 bits per heavy atom. The van der Waals surface area contributed by atoms with E-state index < -0.39 is 0 Å². The number of nitrogens with zero attached hydrogens (tertiary/aromatic N) is 2. The molecule has 0 spiro atoms. The Hall–Kier alpha value is -1.60. The minimum absolute atomic E-state index is 0.0538. The molecule has 1 aromatic heterocycles. The van der Waals surface area contributed by atoms with Gasteiger partial charge in [-0.3, -0.25) is 9.69 Å². The summed E-state index contributed by atoms with van der Waals surface area (Å²) in [7, 11) is 1.86. The maximum absolute atomic E-state index is 12.0. The number of carbonyl (C=O) groups excluding carboxylic acids is 1. The topological polar surface area (TPSA) is 59.9 Å². The fourth-order valence-electron chi connectivity index (χ4n) is 1.92. The number of aromatic amines is 1. The molecule has 0 aliphatic heterocycles. The van der Waals surface area contributed by atoms with Gasteiger partial charge in [0.2, 0.25) is 0 Å². The molecule has 0 saturated carbocycles. The third-order valence-corrected chi connectivity index (χ3v) is 2.67. The van der Waals surface area contributed by atoms with Crippen LogP contribution in [0.25, 0.3) is 0 Å². The Bertz CT molecular complexity index is 442. The van der Waals surface area contributed by atoms with Crippen LogP contribution in [0.2, 0.25) is 0 Å². The first-order valence-electron chi connectivity index (χ1n) is 5.71. The number of hydrogen-bond acceptors (Lipinski definition) is 3. The highest BCUT2D eigenvalue weighted by atomic mass is 16.1. The van der Waals surface area contributed by atoms with Crippen molar-refractivity contribution >= 4 is 5.78 Å². The maximum Gasteiger partial charge on any atom is 0.178 e. The Kier molecular flexibility index (Phi) is 4.47. The summed E-state index contributed by atoms with van der Waals surface area (Å²) in [6.07, 6.45) is 0. The van der Waals surface area contributed by atoms with Crippen molar-refractivity contribution in [1.82, 2.24) is 9.88 Å². The summed E-state index contributed by atoms with van der Waals surface area (Å²) in [6.45, 7) is 6.66. The van der Waals surface area contributed by atoms with E-state index >= 15 is 0 Å². The summed E-state index contributed by atoms with van der Waals surface area (Å²) in [5.74, 6) is 0.0429. The second-order valence-electron chi connectivity index (χ2n) is 4.64. The molecule has 1 N–H and O–H groups in total. The van der Waals surface area contributed by atoms with Gasteiger partial charge in [-0.2, -0.15) is 5.26 Å². The number of aryl methyl sites for hydroxylation is 2. The highest BCUT2D eigenvalue weighted by Gasteiger charge is 2.14. The Balaban J connectivity index is 2.61. The predicted octanol–water partition coefficient (Wildman–Crippen LogP) is 1.91. The summed E-state index contributed by atoms with van der Waals surface area (Å²) in [5.41, 5.74) is 2.66. The van der Waals surface area contributed by atoms with Crippen LogP contribution in [0, 0.1) is 31.1 Å². The molecule has 17 heavy (non-hydrogen) atoms. The average molecular weight is 233 g/mol. The number of carbonyl (C=O) groups is 1. The molecule has 4 heteroatoms. The number of aromatic nitrogens is 1. The van der Waals surface area contributed by atoms with Gasteiger partial charge in [-0.1, -0.05) is 0 Å². The zero-order valence-corrected chi connectivity index (χ0v) is 10.9.